The largest absolute Gasteiger partial charge is 0.322 e. The monoisotopic (exact) mass is 364 g/mol. The second-order valence-corrected chi connectivity index (χ2v) is 6.49. The maximum absolute atomic E-state index is 12.1. The van der Waals surface area contributed by atoms with Gasteiger partial charge >= 0.3 is 0 Å². The van der Waals surface area contributed by atoms with Crippen LogP contribution in [-0.4, -0.2) is 19.0 Å². The number of carbonyl (C=O) groups is 1. The Kier molecular flexibility index (Phi) is 7.10. The molecule has 1 fully saturated rings. The molecule has 2 aromatic rings. The molecule has 0 radical (unpaired) electrons. The first kappa shape index (κ1) is 18.8. The topological polar surface area (TPSA) is 41.1 Å². The molecule has 1 atom stereocenters. The Morgan fingerprint density at radius 3 is 2.46 bits per heavy atom. The number of hydrogen-bond donors (Lipinski definition) is 2. The van der Waals surface area contributed by atoms with E-state index in [4.69, 9.17) is 11.6 Å². The second-order valence-electron chi connectivity index (χ2n) is 6.06. The molecule has 24 heavy (non-hydrogen) atoms. The quantitative estimate of drug-likeness (QED) is 0.816. The van der Waals surface area contributed by atoms with Crippen molar-refractivity contribution in [1.29, 1.82) is 0 Å². The number of amides is 1. The first-order valence-electron chi connectivity index (χ1n) is 8.07. The van der Waals surface area contributed by atoms with Crippen LogP contribution in [-0.2, 0) is 6.42 Å². The third-order valence-electron chi connectivity index (χ3n) is 4.32. The molecule has 0 bridgehead atoms. The summed E-state index contributed by atoms with van der Waals surface area (Å²) >= 11 is 5.84. The molecule has 1 unspecified atom stereocenters. The van der Waals surface area contributed by atoms with E-state index in [9.17, 15) is 4.79 Å². The average molecular weight is 365 g/mol. The van der Waals surface area contributed by atoms with Crippen LogP contribution in [0.5, 0.6) is 0 Å². The first-order valence-corrected chi connectivity index (χ1v) is 8.45. The maximum atomic E-state index is 12.1. The standard InChI is InChI=1S/C19H21ClN2O.ClH/c20-17-7-5-16(6-8-17)19(23)22-18-9-3-14(4-10-18)1-2-15-11-12-21-13-15;/h3-10,15,21H,1-2,11-13H2,(H,22,23);1H. The summed E-state index contributed by atoms with van der Waals surface area (Å²) in [4.78, 5) is 12.1. The summed E-state index contributed by atoms with van der Waals surface area (Å²) in [7, 11) is 0. The highest BCUT2D eigenvalue weighted by molar-refractivity contribution is 6.30. The Morgan fingerprint density at radius 1 is 1.12 bits per heavy atom. The molecular formula is C19H22Cl2N2O. The van der Waals surface area contributed by atoms with E-state index in [1.165, 1.54) is 18.4 Å². The molecule has 3 rings (SSSR count). The van der Waals surface area contributed by atoms with Crippen LogP contribution in [0.2, 0.25) is 5.02 Å². The molecule has 1 amide bonds. The van der Waals surface area contributed by atoms with Gasteiger partial charge in [-0.05, 0) is 80.2 Å². The van der Waals surface area contributed by atoms with Crippen LogP contribution in [0.25, 0.3) is 0 Å². The smallest absolute Gasteiger partial charge is 0.255 e. The fraction of sp³-hybridized carbons (Fsp3) is 0.316. The van der Waals surface area contributed by atoms with Gasteiger partial charge in [0.25, 0.3) is 5.91 Å². The third-order valence-corrected chi connectivity index (χ3v) is 4.57. The summed E-state index contributed by atoms with van der Waals surface area (Å²) in [6, 6.07) is 15.0. The van der Waals surface area contributed by atoms with Gasteiger partial charge in [0.1, 0.15) is 0 Å². The minimum atomic E-state index is -0.119. The minimum absolute atomic E-state index is 0. The molecule has 0 aliphatic carbocycles. The van der Waals surface area contributed by atoms with Gasteiger partial charge in [-0.25, -0.2) is 0 Å². The van der Waals surface area contributed by atoms with Crippen molar-refractivity contribution < 1.29 is 4.79 Å². The third kappa shape index (κ3) is 5.23. The zero-order valence-electron chi connectivity index (χ0n) is 13.4. The summed E-state index contributed by atoms with van der Waals surface area (Å²) in [5, 5.41) is 6.94. The summed E-state index contributed by atoms with van der Waals surface area (Å²) in [5.41, 5.74) is 2.74. The lowest BCUT2D eigenvalue weighted by Crippen LogP contribution is -2.11. The average Bonchev–Trinajstić information content (AvgIpc) is 3.08. The molecule has 128 valence electrons. The predicted octanol–water partition coefficient (Wildman–Crippen LogP) is 4.56. The summed E-state index contributed by atoms with van der Waals surface area (Å²) in [6.07, 6.45) is 3.61. The van der Waals surface area contributed by atoms with Gasteiger partial charge in [0.2, 0.25) is 0 Å². The van der Waals surface area contributed by atoms with E-state index >= 15 is 0 Å². The van der Waals surface area contributed by atoms with Gasteiger partial charge in [-0.2, -0.15) is 0 Å². The SMILES string of the molecule is Cl.O=C(Nc1ccc(CCC2CCNC2)cc1)c1ccc(Cl)cc1. The lowest BCUT2D eigenvalue weighted by molar-refractivity contribution is 0.102. The summed E-state index contributed by atoms with van der Waals surface area (Å²) in [6.45, 7) is 2.30. The van der Waals surface area contributed by atoms with Crippen LogP contribution in [0.4, 0.5) is 5.69 Å². The maximum Gasteiger partial charge on any atom is 0.255 e. The Balaban J connectivity index is 0.00000208. The van der Waals surface area contributed by atoms with Gasteiger partial charge in [0, 0.05) is 16.3 Å². The number of carbonyl (C=O) groups excluding carboxylic acids is 1. The van der Waals surface area contributed by atoms with Crippen molar-refractivity contribution in [3.8, 4) is 0 Å². The number of benzene rings is 2. The van der Waals surface area contributed by atoms with Crippen molar-refractivity contribution in [2.75, 3.05) is 18.4 Å². The van der Waals surface area contributed by atoms with E-state index < -0.39 is 0 Å². The first-order chi connectivity index (χ1) is 11.2. The molecular weight excluding hydrogens is 343 g/mol. The van der Waals surface area contributed by atoms with Gasteiger partial charge in [0.15, 0.2) is 0 Å². The number of anilines is 1. The van der Waals surface area contributed by atoms with Gasteiger partial charge in [0.05, 0.1) is 0 Å². The molecule has 2 aromatic carbocycles. The number of hydrogen-bond acceptors (Lipinski definition) is 2. The van der Waals surface area contributed by atoms with Crippen LogP contribution in [0, 0.1) is 5.92 Å². The number of halogens is 2. The van der Waals surface area contributed by atoms with E-state index in [2.05, 4.69) is 22.8 Å². The van der Waals surface area contributed by atoms with Gasteiger partial charge in [-0.1, -0.05) is 23.7 Å². The van der Waals surface area contributed by atoms with Crippen molar-refractivity contribution in [2.24, 2.45) is 5.92 Å². The molecule has 1 aliphatic rings. The predicted molar refractivity (Wildman–Crippen MR) is 102 cm³/mol. The fourth-order valence-electron chi connectivity index (χ4n) is 2.89. The Morgan fingerprint density at radius 2 is 1.83 bits per heavy atom. The van der Waals surface area contributed by atoms with Crippen molar-refractivity contribution >= 4 is 35.6 Å². The molecule has 2 N–H and O–H groups in total. The molecule has 1 saturated heterocycles. The Labute approximate surface area is 154 Å². The highest BCUT2D eigenvalue weighted by Crippen LogP contribution is 2.18. The lowest BCUT2D eigenvalue weighted by Gasteiger charge is -2.09. The normalized spacial score (nSPS) is 16.5. The van der Waals surface area contributed by atoms with Gasteiger partial charge in [-0.15, -0.1) is 12.4 Å². The van der Waals surface area contributed by atoms with Crippen molar-refractivity contribution in [3.05, 3.63) is 64.7 Å². The van der Waals surface area contributed by atoms with Crippen LogP contribution in [0.3, 0.4) is 0 Å². The highest BCUT2D eigenvalue weighted by atomic mass is 35.5. The fourth-order valence-corrected chi connectivity index (χ4v) is 3.02. The van der Waals surface area contributed by atoms with Crippen molar-refractivity contribution in [3.63, 3.8) is 0 Å². The lowest BCUT2D eigenvalue weighted by atomic mass is 9.99. The van der Waals surface area contributed by atoms with E-state index in [0.717, 1.165) is 31.1 Å². The molecule has 1 aliphatic heterocycles. The number of aryl methyl sites for hydroxylation is 1. The van der Waals surface area contributed by atoms with Crippen LogP contribution >= 0.6 is 24.0 Å². The molecule has 1 heterocycles. The molecule has 0 spiro atoms. The van der Waals surface area contributed by atoms with E-state index in [0.29, 0.717) is 10.6 Å². The van der Waals surface area contributed by atoms with Crippen molar-refractivity contribution in [2.45, 2.75) is 19.3 Å². The zero-order chi connectivity index (χ0) is 16.1. The number of nitrogens with one attached hydrogen (secondary N) is 2. The van der Waals surface area contributed by atoms with Crippen LogP contribution < -0.4 is 10.6 Å². The molecule has 0 saturated carbocycles. The van der Waals surface area contributed by atoms with Gasteiger partial charge < -0.3 is 10.6 Å². The zero-order valence-corrected chi connectivity index (χ0v) is 15.0. The second kappa shape index (κ2) is 9.07. The summed E-state index contributed by atoms with van der Waals surface area (Å²) in [5.74, 6) is 0.686. The minimum Gasteiger partial charge on any atom is -0.322 e. The van der Waals surface area contributed by atoms with Crippen LogP contribution in [0.15, 0.2) is 48.5 Å². The van der Waals surface area contributed by atoms with E-state index in [1.54, 1.807) is 24.3 Å². The van der Waals surface area contributed by atoms with E-state index in [-0.39, 0.29) is 18.3 Å². The van der Waals surface area contributed by atoms with Crippen molar-refractivity contribution in [1.82, 2.24) is 5.32 Å². The Hall–Kier alpha value is -1.55. The molecule has 3 nitrogen and oxygen atoms in total. The summed E-state index contributed by atoms with van der Waals surface area (Å²) < 4.78 is 0. The van der Waals surface area contributed by atoms with E-state index in [1.807, 2.05) is 12.1 Å². The van der Waals surface area contributed by atoms with Gasteiger partial charge in [-0.3, -0.25) is 4.79 Å². The number of rotatable bonds is 5. The Bertz CT molecular complexity index is 650. The molecule has 5 heteroatoms. The molecule has 0 aromatic heterocycles. The van der Waals surface area contributed by atoms with Crippen LogP contribution in [0.1, 0.15) is 28.8 Å². The highest BCUT2D eigenvalue weighted by Gasteiger charge is 2.13.